The van der Waals surface area contributed by atoms with Crippen molar-refractivity contribution in [3.8, 4) is 5.75 Å². The van der Waals surface area contributed by atoms with Crippen molar-refractivity contribution < 1.29 is 14.3 Å². The number of ether oxygens (including phenoxy) is 1. The Morgan fingerprint density at radius 1 is 1.30 bits per heavy atom. The van der Waals surface area contributed by atoms with Crippen molar-refractivity contribution in [1.29, 1.82) is 0 Å². The van der Waals surface area contributed by atoms with Crippen LogP contribution in [0, 0.1) is 0 Å². The van der Waals surface area contributed by atoms with Crippen molar-refractivity contribution in [2.45, 2.75) is 32.4 Å². The summed E-state index contributed by atoms with van der Waals surface area (Å²) < 4.78 is 5.02. The van der Waals surface area contributed by atoms with Crippen LogP contribution >= 0.6 is 11.8 Å². The molecule has 0 spiro atoms. The van der Waals surface area contributed by atoms with Crippen LogP contribution < -0.4 is 15.8 Å². The van der Waals surface area contributed by atoms with E-state index in [1.54, 1.807) is 31.4 Å². The van der Waals surface area contributed by atoms with Crippen LogP contribution in [-0.4, -0.2) is 23.5 Å². The van der Waals surface area contributed by atoms with Crippen molar-refractivity contribution in [2.24, 2.45) is 5.73 Å². The van der Waals surface area contributed by atoms with Gasteiger partial charge < -0.3 is 15.8 Å². The van der Waals surface area contributed by atoms with Gasteiger partial charge in [0.05, 0.1) is 12.4 Å². The summed E-state index contributed by atoms with van der Waals surface area (Å²) in [5.41, 5.74) is 5.72. The number of amides is 2. The topological polar surface area (TPSA) is 81.4 Å². The van der Waals surface area contributed by atoms with Crippen molar-refractivity contribution in [1.82, 2.24) is 0 Å². The Balaban J connectivity index is 0.00000172. The number of primary amides is 1. The summed E-state index contributed by atoms with van der Waals surface area (Å²) in [5.74, 6) is 0.484. The molecule has 0 heterocycles. The lowest BCUT2D eigenvalue weighted by atomic mass is 10.2. The molecular formula is C14H22N2O3S. The van der Waals surface area contributed by atoms with Gasteiger partial charge in [-0.25, -0.2) is 0 Å². The van der Waals surface area contributed by atoms with E-state index in [9.17, 15) is 9.59 Å². The number of carbonyl (C=O) groups excluding carboxylic acids is 2. The van der Waals surface area contributed by atoms with Crippen LogP contribution in [0.15, 0.2) is 24.3 Å². The largest absolute Gasteiger partial charge is 0.497 e. The lowest BCUT2D eigenvalue weighted by Gasteiger charge is -2.12. The first-order chi connectivity index (χ1) is 9.56. The second-order valence-corrected chi connectivity index (χ2v) is 4.76. The molecule has 20 heavy (non-hydrogen) atoms. The van der Waals surface area contributed by atoms with Gasteiger partial charge in [-0.2, -0.15) is 0 Å². The molecule has 0 aliphatic rings. The number of nitrogens with one attached hydrogen (secondary N) is 1. The molecule has 0 aliphatic heterocycles. The Hall–Kier alpha value is -1.69. The number of hydrogen-bond donors (Lipinski definition) is 2. The Bertz CT molecular complexity index is 421. The van der Waals surface area contributed by atoms with Gasteiger partial charge in [0.25, 0.3) is 5.24 Å². The molecule has 0 saturated heterocycles. The van der Waals surface area contributed by atoms with E-state index in [1.165, 1.54) is 0 Å². The molecule has 1 aromatic rings. The SMILES string of the molecule is CC.CCC(SC(N)=O)C(=O)Nc1ccc(OC)cc1. The predicted molar refractivity (Wildman–Crippen MR) is 84.2 cm³/mol. The molecule has 5 nitrogen and oxygen atoms in total. The number of carbonyl (C=O) groups is 2. The van der Waals surface area contributed by atoms with E-state index in [0.29, 0.717) is 17.9 Å². The second kappa shape index (κ2) is 10.1. The predicted octanol–water partition coefficient (Wildman–Crippen LogP) is 3.25. The lowest BCUT2D eigenvalue weighted by Crippen LogP contribution is -2.27. The minimum absolute atomic E-state index is 0.230. The fourth-order valence-corrected chi connectivity index (χ4v) is 1.97. The number of benzene rings is 1. The fourth-order valence-electron chi connectivity index (χ4n) is 1.36. The third-order valence-electron chi connectivity index (χ3n) is 2.28. The van der Waals surface area contributed by atoms with E-state index >= 15 is 0 Å². The average molecular weight is 298 g/mol. The molecule has 1 unspecified atom stereocenters. The summed E-state index contributed by atoms with van der Waals surface area (Å²) in [4.78, 5) is 22.7. The van der Waals surface area contributed by atoms with Gasteiger partial charge in [-0.15, -0.1) is 0 Å². The first-order valence-corrected chi connectivity index (χ1v) is 7.35. The molecule has 3 N–H and O–H groups in total. The molecule has 0 bridgehead atoms. The van der Waals surface area contributed by atoms with Crippen LogP contribution in [0.25, 0.3) is 0 Å². The van der Waals surface area contributed by atoms with Crippen LogP contribution in [0.5, 0.6) is 5.75 Å². The molecule has 0 fully saturated rings. The molecule has 1 atom stereocenters. The van der Waals surface area contributed by atoms with Gasteiger partial charge in [0.2, 0.25) is 5.91 Å². The van der Waals surface area contributed by atoms with E-state index in [2.05, 4.69) is 5.32 Å². The lowest BCUT2D eigenvalue weighted by molar-refractivity contribution is -0.115. The quantitative estimate of drug-likeness (QED) is 0.874. The van der Waals surface area contributed by atoms with Crippen LogP contribution in [-0.2, 0) is 4.79 Å². The molecule has 1 rings (SSSR count). The minimum Gasteiger partial charge on any atom is -0.497 e. The standard InChI is InChI=1S/C12H16N2O3S.C2H6/c1-3-10(18-12(13)16)11(15)14-8-4-6-9(17-2)7-5-8;1-2/h4-7,10H,3H2,1-2H3,(H2,13,16)(H,14,15);1-2H3. The summed E-state index contributed by atoms with van der Waals surface area (Å²) in [6.45, 7) is 5.83. The maximum atomic E-state index is 11.9. The number of methoxy groups -OCH3 is 1. The molecule has 0 saturated carbocycles. The normalized spacial score (nSPS) is 10.8. The van der Waals surface area contributed by atoms with Gasteiger partial charge >= 0.3 is 0 Å². The van der Waals surface area contributed by atoms with Crippen LogP contribution in [0.1, 0.15) is 27.2 Å². The number of nitrogens with two attached hydrogens (primary N) is 1. The highest BCUT2D eigenvalue weighted by Gasteiger charge is 2.19. The van der Waals surface area contributed by atoms with Gasteiger partial charge in [-0.1, -0.05) is 32.5 Å². The van der Waals surface area contributed by atoms with Gasteiger partial charge in [0, 0.05) is 5.69 Å². The minimum atomic E-state index is -0.549. The summed E-state index contributed by atoms with van der Waals surface area (Å²) in [5, 5.41) is 1.71. The molecule has 1 aromatic carbocycles. The van der Waals surface area contributed by atoms with Crippen molar-refractivity contribution in [3.05, 3.63) is 24.3 Å². The highest BCUT2D eigenvalue weighted by Crippen LogP contribution is 2.19. The Labute approximate surface area is 124 Å². The van der Waals surface area contributed by atoms with Crippen molar-refractivity contribution in [3.63, 3.8) is 0 Å². The smallest absolute Gasteiger partial charge is 0.277 e. The van der Waals surface area contributed by atoms with Crippen LogP contribution in [0.4, 0.5) is 10.5 Å². The van der Waals surface area contributed by atoms with Gasteiger partial charge in [-0.3, -0.25) is 9.59 Å². The molecule has 0 radical (unpaired) electrons. The van der Waals surface area contributed by atoms with E-state index in [-0.39, 0.29) is 5.91 Å². The van der Waals surface area contributed by atoms with E-state index in [1.807, 2.05) is 20.8 Å². The van der Waals surface area contributed by atoms with Crippen molar-refractivity contribution in [2.75, 3.05) is 12.4 Å². The van der Waals surface area contributed by atoms with E-state index in [0.717, 1.165) is 11.8 Å². The zero-order valence-corrected chi connectivity index (χ0v) is 13.1. The third-order valence-corrected chi connectivity index (χ3v) is 3.34. The summed E-state index contributed by atoms with van der Waals surface area (Å²) >= 11 is 0.837. The van der Waals surface area contributed by atoms with Crippen LogP contribution in [0.3, 0.4) is 0 Å². The highest BCUT2D eigenvalue weighted by atomic mass is 32.2. The van der Waals surface area contributed by atoms with Gasteiger partial charge in [-0.05, 0) is 30.7 Å². The average Bonchev–Trinajstić information content (AvgIpc) is 2.47. The summed E-state index contributed by atoms with van der Waals surface area (Å²) in [6, 6.07) is 6.96. The molecule has 0 aliphatic carbocycles. The maximum Gasteiger partial charge on any atom is 0.277 e. The summed E-state index contributed by atoms with van der Waals surface area (Å²) in [7, 11) is 1.57. The number of anilines is 1. The Morgan fingerprint density at radius 2 is 1.85 bits per heavy atom. The maximum absolute atomic E-state index is 11.9. The summed E-state index contributed by atoms with van der Waals surface area (Å²) in [6.07, 6.45) is 0.537. The Morgan fingerprint density at radius 3 is 2.25 bits per heavy atom. The fraction of sp³-hybridized carbons (Fsp3) is 0.429. The van der Waals surface area contributed by atoms with Crippen LogP contribution in [0.2, 0.25) is 0 Å². The molecular weight excluding hydrogens is 276 g/mol. The first kappa shape index (κ1) is 18.3. The second-order valence-electron chi connectivity index (χ2n) is 3.55. The molecule has 6 heteroatoms. The number of rotatable bonds is 5. The zero-order chi connectivity index (χ0) is 15.5. The first-order valence-electron chi connectivity index (χ1n) is 6.47. The monoisotopic (exact) mass is 298 g/mol. The third kappa shape index (κ3) is 6.47. The molecule has 2 amide bonds. The van der Waals surface area contributed by atoms with Gasteiger partial charge in [0.1, 0.15) is 5.75 Å². The van der Waals surface area contributed by atoms with Gasteiger partial charge in [0.15, 0.2) is 0 Å². The van der Waals surface area contributed by atoms with E-state index < -0.39 is 10.5 Å². The number of thioether (sulfide) groups is 1. The van der Waals surface area contributed by atoms with E-state index in [4.69, 9.17) is 10.5 Å². The molecule has 112 valence electrons. The number of hydrogen-bond acceptors (Lipinski definition) is 4. The molecule has 0 aromatic heterocycles. The zero-order valence-electron chi connectivity index (χ0n) is 12.3. The Kier molecular flexibility index (Phi) is 9.28. The highest BCUT2D eigenvalue weighted by molar-refractivity contribution is 8.14. The van der Waals surface area contributed by atoms with Crippen molar-refractivity contribution >= 4 is 28.6 Å².